The van der Waals surface area contributed by atoms with E-state index in [1.165, 1.54) is 0 Å². The number of piperazine rings is 1. The molecule has 0 aliphatic carbocycles. The fraction of sp³-hybridized carbons (Fsp3) is 0.393. The van der Waals surface area contributed by atoms with Gasteiger partial charge in [0.2, 0.25) is 0 Å². The van der Waals surface area contributed by atoms with Gasteiger partial charge in [0, 0.05) is 37.3 Å². The summed E-state index contributed by atoms with van der Waals surface area (Å²) in [6, 6.07) is 10.9. The summed E-state index contributed by atoms with van der Waals surface area (Å²) < 4.78 is 5.96. The number of nitrogens with one attached hydrogen (secondary N) is 1. The Balaban J connectivity index is 1.61. The number of aryl methyl sites for hydroxylation is 1. The summed E-state index contributed by atoms with van der Waals surface area (Å²) in [7, 11) is 0. The van der Waals surface area contributed by atoms with Gasteiger partial charge in [0.05, 0.1) is 33.6 Å². The number of carbonyl (C=O) groups excluding carboxylic acids is 1. The lowest BCUT2D eigenvalue weighted by atomic mass is 10.1. The molecule has 0 radical (unpaired) electrons. The molecule has 1 amide bonds. The van der Waals surface area contributed by atoms with E-state index in [0.29, 0.717) is 83.9 Å². The molecular formula is C28H32Cl2N4O3. The maximum Gasteiger partial charge on any atom is 0.254 e. The molecule has 1 aromatic heterocycles. The number of halogens is 2. The highest BCUT2D eigenvalue weighted by molar-refractivity contribution is 6.43. The van der Waals surface area contributed by atoms with E-state index in [9.17, 15) is 9.59 Å². The second kappa shape index (κ2) is 12.0. The first-order chi connectivity index (χ1) is 17.9. The molecule has 2 aromatic carbocycles. The molecule has 4 rings (SSSR count). The second-order valence-electron chi connectivity index (χ2n) is 8.96. The Morgan fingerprint density at radius 1 is 1.05 bits per heavy atom. The van der Waals surface area contributed by atoms with E-state index in [0.717, 1.165) is 17.8 Å². The Morgan fingerprint density at radius 2 is 1.81 bits per heavy atom. The van der Waals surface area contributed by atoms with Crippen LogP contribution in [0.1, 0.15) is 48.8 Å². The molecule has 1 aliphatic heterocycles. The summed E-state index contributed by atoms with van der Waals surface area (Å²) in [6.07, 6.45) is 2.08. The molecule has 196 valence electrons. The number of nitrogens with zero attached hydrogens (tertiary/aromatic N) is 3. The molecule has 1 saturated heterocycles. The zero-order valence-corrected chi connectivity index (χ0v) is 23.0. The number of H-pyrrole nitrogens is 1. The van der Waals surface area contributed by atoms with Gasteiger partial charge in [-0.15, -0.1) is 0 Å². The number of hydrogen-bond donors (Lipinski definition) is 1. The van der Waals surface area contributed by atoms with Crippen LogP contribution in [0.5, 0.6) is 5.75 Å². The third-order valence-electron chi connectivity index (χ3n) is 6.57. The van der Waals surface area contributed by atoms with Gasteiger partial charge < -0.3 is 19.5 Å². The number of rotatable bonds is 8. The van der Waals surface area contributed by atoms with Crippen molar-refractivity contribution in [3.8, 4) is 17.1 Å². The number of amides is 1. The summed E-state index contributed by atoms with van der Waals surface area (Å²) in [5.41, 5.74) is 3.30. The quantitative estimate of drug-likeness (QED) is 0.399. The Hall–Kier alpha value is -3.03. The van der Waals surface area contributed by atoms with Gasteiger partial charge in [-0.2, -0.15) is 0 Å². The summed E-state index contributed by atoms with van der Waals surface area (Å²) in [5.74, 6) is 0.928. The molecule has 2 heterocycles. The first-order valence-electron chi connectivity index (χ1n) is 12.7. The minimum absolute atomic E-state index is 0.0802. The fourth-order valence-electron chi connectivity index (χ4n) is 4.58. The van der Waals surface area contributed by atoms with E-state index < -0.39 is 0 Å². The van der Waals surface area contributed by atoms with E-state index >= 15 is 0 Å². The van der Waals surface area contributed by atoms with E-state index in [1.807, 2.05) is 37.8 Å². The molecule has 0 unspecified atom stereocenters. The van der Waals surface area contributed by atoms with Gasteiger partial charge in [-0.25, -0.2) is 4.98 Å². The fourth-order valence-corrected chi connectivity index (χ4v) is 5.00. The summed E-state index contributed by atoms with van der Waals surface area (Å²) in [5, 5.41) is 1.04. The number of ether oxygens (including phenoxy) is 1. The molecule has 0 saturated carbocycles. The number of aromatic nitrogens is 2. The van der Waals surface area contributed by atoms with Crippen LogP contribution >= 0.6 is 23.2 Å². The van der Waals surface area contributed by atoms with Crippen molar-refractivity contribution in [2.45, 2.75) is 40.0 Å². The van der Waals surface area contributed by atoms with Gasteiger partial charge in [-0.1, -0.05) is 50.0 Å². The molecule has 0 atom stereocenters. The van der Waals surface area contributed by atoms with Gasteiger partial charge in [-0.3, -0.25) is 9.59 Å². The highest BCUT2D eigenvalue weighted by Gasteiger charge is 2.25. The van der Waals surface area contributed by atoms with E-state index in [-0.39, 0.29) is 11.5 Å². The Morgan fingerprint density at radius 3 is 2.49 bits per heavy atom. The lowest BCUT2D eigenvalue weighted by Crippen LogP contribution is -2.48. The molecule has 1 N–H and O–H groups in total. The van der Waals surface area contributed by atoms with E-state index in [2.05, 4.69) is 9.88 Å². The molecule has 0 bridgehead atoms. The topological polar surface area (TPSA) is 78.5 Å². The third kappa shape index (κ3) is 5.78. The Bertz CT molecular complexity index is 1330. The normalized spacial score (nSPS) is 13.6. The predicted molar refractivity (Wildman–Crippen MR) is 149 cm³/mol. The lowest BCUT2D eigenvalue weighted by molar-refractivity contribution is 0.0747. The third-order valence-corrected chi connectivity index (χ3v) is 7.38. The number of aromatic amines is 1. The largest absolute Gasteiger partial charge is 0.493 e. The average Bonchev–Trinajstić information content (AvgIpc) is 2.92. The van der Waals surface area contributed by atoms with Crippen LogP contribution in [0.3, 0.4) is 0 Å². The van der Waals surface area contributed by atoms with Gasteiger partial charge >= 0.3 is 0 Å². The molecule has 1 aliphatic rings. The van der Waals surface area contributed by atoms with Crippen LogP contribution in [0.15, 0.2) is 41.2 Å². The van der Waals surface area contributed by atoms with E-state index in [1.54, 1.807) is 24.3 Å². The van der Waals surface area contributed by atoms with Gasteiger partial charge in [-0.05, 0) is 49.6 Å². The van der Waals surface area contributed by atoms with Crippen molar-refractivity contribution < 1.29 is 9.53 Å². The zero-order valence-electron chi connectivity index (χ0n) is 21.4. The zero-order chi connectivity index (χ0) is 26.5. The van der Waals surface area contributed by atoms with Crippen LogP contribution < -0.4 is 15.2 Å². The first kappa shape index (κ1) is 27.0. The minimum atomic E-state index is -0.154. The van der Waals surface area contributed by atoms with Crippen LogP contribution in [-0.2, 0) is 12.8 Å². The summed E-state index contributed by atoms with van der Waals surface area (Å²) in [4.78, 5) is 37.9. The summed E-state index contributed by atoms with van der Waals surface area (Å²) in [6.45, 7) is 8.85. The van der Waals surface area contributed by atoms with Crippen LogP contribution in [0, 0.1) is 0 Å². The van der Waals surface area contributed by atoms with Crippen LogP contribution in [-0.4, -0.2) is 53.6 Å². The van der Waals surface area contributed by atoms with Crippen molar-refractivity contribution in [2.24, 2.45) is 0 Å². The molecule has 9 heteroatoms. The van der Waals surface area contributed by atoms with Crippen LogP contribution in [0.4, 0.5) is 5.69 Å². The lowest BCUT2D eigenvalue weighted by Gasteiger charge is -2.36. The van der Waals surface area contributed by atoms with Gasteiger partial charge in [0.1, 0.15) is 11.6 Å². The van der Waals surface area contributed by atoms with Crippen molar-refractivity contribution in [2.75, 3.05) is 37.7 Å². The van der Waals surface area contributed by atoms with Crippen molar-refractivity contribution in [3.05, 3.63) is 73.6 Å². The van der Waals surface area contributed by atoms with Crippen molar-refractivity contribution in [3.63, 3.8) is 0 Å². The summed E-state index contributed by atoms with van der Waals surface area (Å²) >= 11 is 12.6. The number of carbonyl (C=O) groups is 1. The number of benzene rings is 2. The van der Waals surface area contributed by atoms with Crippen LogP contribution in [0.2, 0.25) is 10.0 Å². The first-order valence-corrected chi connectivity index (χ1v) is 13.5. The van der Waals surface area contributed by atoms with E-state index in [4.69, 9.17) is 32.9 Å². The number of anilines is 1. The van der Waals surface area contributed by atoms with Crippen molar-refractivity contribution >= 4 is 34.8 Å². The molecule has 0 spiro atoms. The van der Waals surface area contributed by atoms with Crippen molar-refractivity contribution in [1.82, 2.24) is 14.9 Å². The Kier molecular flexibility index (Phi) is 8.77. The molecule has 37 heavy (non-hydrogen) atoms. The smallest absolute Gasteiger partial charge is 0.254 e. The van der Waals surface area contributed by atoms with Crippen molar-refractivity contribution in [1.29, 1.82) is 0 Å². The molecule has 3 aromatic rings. The van der Waals surface area contributed by atoms with Gasteiger partial charge in [0.25, 0.3) is 11.5 Å². The Labute approximate surface area is 227 Å². The van der Waals surface area contributed by atoms with Crippen LogP contribution in [0.25, 0.3) is 11.4 Å². The molecular weight excluding hydrogens is 511 g/mol. The molecule has 7 nitrogen and oxygen atoms in total. The molecule has 1 fully saturated rings. The number of hydrogen-bond acceptors (Lipinski definition) is 5. The monoisotopic (exact) mass is 542 g/mol. The maximum absolute atomic E-state index is 13.5. The SMILES string of the molecule is CCCOc1ccc(C(=O)N2CCN(c3cccc(Cl)c3Cl)CC2)cc1-c1nc(CC)c(CC)c(=O)[nH]1. The highest BCUT2D eigenvalue weighted by Crippen LogP contribution is 2.33. The standard InChI is InChI=1S/C28H32Cl2N4O3/c1-4-16-37-24-11-10-18(17-20(24)26-31-22(6-3)19(5-2)27(35)32-26)28(36)34-14-12-33(13-15-34)23-9-7-8-21(29)25(23)30/h7-11,17H,4-6,12-16H2,1-3H3,(H,31,32,35). The maximum atomic E-state index is 13.5. The minimum Gasteiger partial charge on any atom is -0.493 e. The highest BCUT2D eigenvalue weighted by atomic mass is 35.5. The van der Waals surface area contributed by atoms with Gasteiger partial charge in [0.15, 0.2) is 0 Å². The second-order valence-corrected chi connectivity index (χ2v) is 9.74. The average molecular weight is 543 g/mol. The predicted octanol–water partition coefficient (Wildman–Crippen LogP) is 5.62.